The van der Waals surface area contributed by atoms with E-state index >= 15 is 0 Å². The van der Waals surface area contributed by atoms with Crippen LogP contribution in [0.4, 0.5) is 0 Å². The molecule has 0 aliphatic rings. The maximum Gasteiger partial charge on any atom is 0.160 e. The fourth-order valence-corrected chi connectivity index (χ4v) is 1.17. The summed E-state index contributed by atoms with van der Waals surface area (Å²) in [5, 5.41) is 10.8. The third kappa shape index (κ3) is 1.16. The fourth-order valence-electron chi connectivity index (χ4n) is 1.17. The third-order valence-electron chi connectivity index (χ3n) is 1.75. The molecule has 0 aromatic carbocycles. The highest BCUT2D eigenvalue weighted by Gasteiger charge is 1.95. The van der Waals surface area contributed by atoms with Crippen molar-refractivity contribution in [1.82, 2.24) is 19.9 Å². The Bertz CT molecular complexity index is 379. The van der Waals surface area contributed by atoms with E-state index in [9.17, 15) is 0 Å². The highest BCUT2D eigenvalue weighted by Crippen LogP contribution is 2.03. The first-order valence-corrected chi connectivity index (χ1v) is 3.83. The van der Waals surface area contributed by atoms with Crippen LogP contribution in [0.3, 0.4) is 0 Å². The van der Waals surface area contributed by atoms with E-state index in [2.05, 4.69) is 15.5 Å². The molecular weight excluding hydrogens is 152 g/mol. The van der Waals surface area contributed by atoms with Crippen molar-refractivity contribution >= 4 is 5.65 Å². The molecule has 0 bridgehead atoms. The molecule has 62 valence electrons. The Hall–Kier alpha value is -1.42. The van der Waals surface area contributed by atoms with Gasteiger partial charge in [-0.2, -0.15) is 0 Å². The van der Waals surface area contributed by atoms with Gasteiger partial charge in [0.05, 0.1) is 0 Å². The van der Waals surface area contributed by atoms with Crippen molar-refractivity contribution in [2.24, 2.45) is 0 Å². The lowest BCUT2D eigenvalue weighted by Crippen LogP contribution is -2.05. The van der Waals surface area contributed by atoms with Gasteiger partial charge in [0.1, 0.15) is 6.33 Å². The standard InChI is InChI=1S/C8H10N4/c1-9-5-7-2-3-12-6-10-11-8(12)4-7/h2-4,6,9H,5H2,1H3. The number of hydrogen-bond donors (Lipinski definition) is 1. The van der Waals surface area contributed by atoms with Gasteiger partial charge in [-0.05, 0) is 24.7 Å². The van der Waals surface area contributed by atoms with E-state index in [1.165, 1.54) is 5.56 Å². The van der Waals surface area contributed by atoms with Crippen molar-refractivity contribution in [2.45, 2.75) is 6.54 Å². The number of hydrogen-bond acceptors (Lipinski definition) is 3. The van der Waals surface area contributed by atoms with Gasteiger partial charge in [-0.25, -0.2) is 0 Å². The van der Waals surface area contributed by atoms with E-state index in [0.29, 0.717) is 0 Å². The van der Waals surface area contributed by atoms with E-state index in [-0.39, 0.29) is 0 Å². The van der Waals surface area contributed by atoms with Crippen molar-refractivity contribution in [2.75, 3.05) is 7.05 Å². The lowest BCUT2D eigenvalue weighted by molar-refractivity contribution is 0.816. The average molecular weight is 162 g/mol. The van der Waals surface area contributed by atoms with Crippen molar-refractivity contribution in [3.05, 3.63) is 30.2 Å². The minimum absolute atomic E-state index is 0.864. The molecule has 2 aromatic rings. The summed E-state index contributed by atoms with van der Waals surface area (Å²) in [5.74, 6) is 0. The van der Waals surface area contributed by atoms with E-state index in [4.69, 9.17) is 0 Å². The van der Waals surface area contributed by atoms with Crippen LogP contribution >= 0.6 is 0 Å². The normalized spacial score (nSPS) is 10.8. The topological polar surface area (TPSA) is 42.2 Å². The van der Waals surface area contributed by atoms with Crippen LogP contribution in [0, 0.1) is 0 Å². The summed E-state index contributed by atoms with van der Waals surface area (Å²) in [6.45, 7) is 0.864. The molecule has 2 aromatic heterocycles. The molecule has 2 heterocycles. The van der Waals surface area contributed by atoms with Crippen molar-refractivity contribution in [3.63, 3.8) is 0 Å². The number of rotatable bonds is 2. The van der Waals surface area contributed by atoms with Gasteiger partial charge in [0.2, 0.25) is 0 Å². The Morgan fingerprint density at radius 2 is 2.50 bits per heavy atom. The summed E-state index contributed by atoms with van der Waals surface area (Å²) >= 11 is 0. The molecule has 2 rings (SSSR count). The molecule has 0 saturated carbocycles. The summed E-state index contributed by atoms with van der Waals surface area (Å²) in [6.07, 6.45) is 3.65. The van der Waals surface area contributed by atoms with Crippen molar-refractivity contribution < 1.29 is 0 Å². The van der Waals surface area contributed by atoms with Crippen molar-refractivity contribution in [1.29, 1.82) is 0 Å². The molecule has 0 unspecified atom stereocenters. The third-order valence-corrected chi connectivity index (χ3v) is 1.75. The largest absolute Gasteiger partial charge is 0.316 e. The summed E-state index contributed by atoms with van der Waals surface area (Å²) in [4.78, 5) is 0. The predicted octanol–water partition coefficient (Wildman–Crippen LogP) is 0.449. The minimum atomic E-state index is 0.864. The van der Waals surface area contributed by atoms with Gasteiger partial charge in [-0.1, -0.05) is 0 Å². The number of aromatic nitrogens is 3. The smallest absolute Gasteiger partial charge is 0.160 e. The second-order valence-corrected chi connectivity index (χ2v) is 2.66. The molecule has 0 spiro atoms. The first-order chi connectivity index (χ1) is 5.90. The first kappa shape index (κ1) is 7.24. The Balaban J connectivity index is 2.46. The first-order valence-electron chi connectivity index (χ1n) is 3.83. The maximum absolute atomic E-state index is 3.95. The molecule has 0 atom stereocenters. The lowest BCUT2D eigenvalue weighted by atomic mass is 10.2. The van der Waals surface area contributed by atoms with Crippen LogP contribution in [0.1, 0.15) is 5.56 Å². The number of nitrogens with one attached hydrogen (secondary N) is 1. The number of pyridine rings is 1. The Kier molecular flexibility index (Phi) is 1.75. The molecule has 0 radical (unpaired) electrons. The molecule has 0 fully saturated rings. The summed E-state index contributed by atoms with van der Waals surface area (Å²) in [7, 11) is 1.92. The molecular formula is C8H10N4. The molecule has 0 saturated heterocycles. The van der Waals surface area contributed by atoms with Crippen LogP contribution in [0.15, 0.2) is 24.7 Å². The summed E-state index contributed by atoms with van der Waals surface area (Å²) in [6, 6.07) is 4.07. The Labute approximate surface area is 70.2 Å². The maximum atomic E-state index is 3.95. The van der Waals surface area contributed by atoms with Crippen LogP contribution in [-0.4, -0.2) is 21.6 Å². The predicted molar refractivity (Wildman–Crippen MR) is 45.8 cm³/mol. The summed E-state index contributed by atoms with van der Waals surface area (Å²) in [5.41, 5.74) is 2.11. The lowest BCUT2D eigenvalue weighted by Gasteiger charge is -1.98. The minimum Gasteiger partial charge on any atom is -0.316 e. The highest BCUT2D eigenvalue weighted by atomic mass is 15.2. The highest BCUT2D eigenvalue weighted by molar-refractivity contribution is 5.39. The van der Waals surface area contributed by atoms with Crippen LogP contribution in [-0.2, 0) is 6.54 Å². The van der Waals surface area contributed by atoms with Crippen LogP contribution < -0.4 is 5.32 Å². The quantitative estimate of drug-likeness (QED) is 0.697. The van der Waals surface area contributed by atoms with Gasteiger partial charge in [-0.15, -0.1) is 10.2 Å². The number of fused-ring (bicyclic) bond motifs is 1. The Morgan fingerprint density at radius 3 is 3.33 bits per heavy atom. The van der Waals surface area contributed by atoms with Gasteiger partial charge in [0.15, 0.2) is 5.65 Å². The van der Waals surface area contributed by atoms with E-state index in [0.717, 1.165) is 12.2 Å². The van der Waals surface area contributed by atoms with Gasteiger partial charge in [0, 0.05) is 12.7 Å². The van der Waals surface area contributed by atoms with Gasteiger partial charge in [-0.3, -0.25) is 4.40 Å². The van der Waals surface area contributed by atoms with Gasteiger partial charge < -0.3 is 5.32 Å². The zero-order valence-corrected chi connectivity index (χ0v) is 6.86. The summed E-state index contributed by atoms with van der Waals surface area (Å²) < 4.78 is 1.89. The monoisotopic (exact) mass is 162 g/mol. The molecule has 0 aliphatic heterocycles. The van der Waals surface area contributed by atoms with Crippen molar-refractivity contribution in [3.8, 4) is 0 Å². The SMILES string of the molecule is CNCc1ccn2cnnc2c1. The van der Waals surface area contributed by atoms with E-state index < -0.39 is 0 Å². The molecule has 4 heteroatoms. The molecule has 12 heavy (non-hydrogen) atoms. The zero-order chi connectivity index (χ0) is 8.39. The second kappa shape index (κ2) is 2.91. The van der Waals surface area contributed by atoms with Crippen LogP contribution in [0.2, 0.25) is 0 Å². The van der Waals surface area contributed by atoms with Crippen LogP contribution in [0.5, 0.6) is 0 Å². The van der Waals surface area contributed by atoms with Crippen LogP contribution in [0.25, 0.3) is 5.65 Å². The zero-order valence-electron chi connectivity index (χ0n) is 6.86. The molecule has 0 amide bonds. The average Bonchev–Trinajstić information content (AvgIpc) is 2.51. The van der Waals surface area contributed by atoms with E-state index in [1.807, 2.05) is 29.8 Å². The Morgan fingerprint density at radius 1 is 1.58 bits per heavy atom. The fraction of sp³-hybridized carbons (Fsp3) is 0.250. The van der Waals surface area contributed by atoms with Gasteiger partial charge >= 0.3 is 0 Å². The van der Waals surface area contributed by atoms with Gasteiger partial charge in [0.25, 0.3) is 0 Å². The number of nitrogens with zero attached hydrogens (tertiary/aromatic N) is 3. The molecule has 1 N–H and O–H groups in total. The second-order valence-electron chi connectivity index (χ2n) is 2.66. The molecule has 4 nitrogen and oxygen atoms in total. The molecule has 0 aliphatic carbocycles. The van der Waals surface area contributed by atoms with E-state index in [1.54, 1.807) is 6.33 Å².